The van der Waals surface area contributed by atoms with Crippen molar-refractivity contribution in [1.82, 2.24) is 4.90 Å². The highest BCUT2D eigenvalue weighted by Gasteiger charge is 2.31. The molecule has 0 saturated carbocycles. The predicted octanol–water partition coefficient (Wildman–Crippen LogP) is 2.75. The van der Waals surface area contributed by atoms with E-state index in [0.29, 0.717) is 12.5 Å². The maximum atomic E-state index is 12.3. The molecule has 3 nitrogen and oxygen atoms in total. The van der Waals surface area contributed by atoms with Gasteiger partial charge in [0.15, 0.2) is 0 Å². The number of ether oxygens (including phenoxy) is 1. The first-order valence-electron chi connectivity index (χ1n) is 7.59. The van der Waals surface area contributed by atoms with Crippen molar-refractivity contribution in [2.24, 2.45) is 11.8 Å². The summed E-state index contributed by atoms with van der Waals surface area (Å²) in [7, 11) is 2.15. The van der Waals surface area contributed by atoms with Crippen LogP contribution in [0.1, 0.15) is 25.3 Å². The van der Waals surface area contributed by atoms with E-state index in [9.17, 15) is 4.79 Å². The zero-order chi connectivity index (χ0) is 14.4. The summed E-state index contributed by atoms with van der Waals surface area (Å²) in [6, 6.07) is 10.3. The lowest BCUT2D eigenvalue weighted by atomic mass is 9.81. The maximum Gasteiger partial charge on any atom is 0.309 e. The minimum atomic E-state index is -0.0223. The predicted molar refractivity (Wildman–Crippen MR) is 80.5 cm³/mol. The second kappa shape index (κ2) is 7.44. The molecule has 1 aromatic carbocycles. The van der Waals surface area contributed by atoms with Crippen LogP contribution in [0.15, 0.2) is 30.3 Å². The van der Waals surface area contributed by atoms with E-state index in [1.54, 1.807) is 0 Å². The van der Waals surface area contributed by atoms with E-state index in [1.807, 2.05) is 25.1 Å². The van der Waals surface area contributed by atoms with Crippen molar-refractivity contribution >= 4 is 5.97 Å². The van der Waals surface area contributed by atoms with E-state index in [4.69, 9.17) is 4.74 Å². The van der Waals surface area contributed by atoms with Gasteiger partial charge in [-0.15, -0.1) is 0 Å². The Balaban J connectivity index is 2.06. The number of hydrogen-bond donors (Lipinski definition) is 0. The van der Waals surface area contributed by atoms with Crippen LogP contribution in [0, 0.1) is 11.8 Å². The molecule has 0 aromatic heterocycles. The summed E-state index contributed by atoms with van der Waals surface area (Å²) in [4.78, 5) is 14.6. The van der Waals surface area contributed by atoms with Gasteiger partial charge in [-0.1, -0.05) is 30.3 Å². The largest absolute Gasteiger partial charge is 0.466 e. The number of hydrogen-bond acceptors (Lipinski definition) is 3. The van der Waals surface area contributed by atoms with Crippen LogP contribution in [0.4, 0.5) is 0 Å². The summed E-state index contributed by atoms with van der Waals surface area (Å²) in [5.41, 5.74) is 1.23. The number of esters is 1. The first-order valence-corrected chi connectivity index (χ1v) is 7.59. The Morgan fingerprint density at radius 3 is 2.55 bits per heavy atom. The molecule has 1 unspecified atom stereocenters. The smallest absolute Gasteiger partial charge is 0.309 e. The summed E-state index contributed by atoms with van der Waals surface area (Å²) < 4.78 is 5.30. The van der Waals surface area contributed by atoms with Crippen LogP contribution >= 0.6 is 0 Å². The number of carbonyl (C=O) groups excluding carboxylic acids is 1. The van der Waals surface area contributed by atoms with Crippen LogP contribution in [-0.4, -0.2) is 37.6 Å². The molecule has 1 aromatic rings. The standard InChI is InChI=1S/C17H25NO2/c1-3-20-17(19)16(13-14-7-5-4-6-8-14)15-9-11-18(2)12-10-15/h4-8,15-16H,3,9-13H2,1-2H3. The zero-order valence-corrected chi connectivity index (χ0v) is 12.5. The Morgan fingerprint density at radius 1 is 1.30 bits per heavy atom. The van der Waals surface area contributed by atoms with Crippen molar-refractivity contribution in [3.8, 4) is 0 Å². The summed E-state index contributed by atoms with van der Waals surface area (Å²) in [5, 5.41) is 0. The van der Waals surface area contributed by atoms with Crippen molar-refractivity contribution < 1.29 is 9.53 Å². The molecule has 1 fully saturated rings. The Kier molecular flexibility index (Phi) is 5.60. The average molecular weight is 275 g/mol. The number of piperidine rings is 1. The second-order valence-electron chi connectivity index (χ2n) is 5.69. The van der Waals surface area contributed by atoms with E-state index >= 15 is 0 Å². The monoisotopic (exact) mass is 275 g/mol. The third-order valence-corrected chi connectivity index (χ3v) is 4.22. The molecule has 0 spiro atoms. The molecular formula is C17H25NO2. The van der Waals surface area contributed by atoms with Crippen molar-refractivity contribution in [2.75, 3.05) is 26.7 Å². The van der Waals surface area contributed by atoms with E-state index in [2.05, 4.69) is 24.1 Å². The molecule has 0 bridgehead atoms. The van der Waals surface area contributed by atoms with Gasteiger partial charge in [0.05, 0.1) is 12.5 Å². The normalized spacial score (nSPS) is 18.7. The molecule has 0 N–H and O–H groups in total. The quantitative estimate of drug-likeness (QED) is 0.774. The topological polar surface area (TPSA) is 29.5 Å². The van der Waals surface area contributed by atoms with Gasteiger partial charge in [0, 0.05) is 0 Å². The Morgan fingerprint density at radius 2 is 1.95 bits per heavy atom. The van der Waals surface area contributed by atoms with Crippen LogP contribution in [0.3, 0.4) is 0 Å². The Hall–Kier alpha value is -1.35. The van der Waals surface area contributed by atoms with Gasteiger partial charge in [0.25, 0.3) is 0 Å². The second-order valence-corrected chi connectivity index (χ2v) is 5.69. The van der Waals surface area contributed by atoms with Crippen LogP contribution in [0.2, 0.25) is 0 Å². The van der Waals surface area contributed by atoms with Crippen molar-refractivity contribution in [1.29, 1.82) is 0 Å². The summed E-state index contributed by atoms with van der Waals surface area (Å²) in [5.74, 6) is 0.433. The van der Waals surface area contributed by atoms with E-state index in [-0.39, 0.29) is 11.9 Å². The molecule has 0 radical (unpaired) electrons. The Bertz CT molecular complexity index is 410. The lowest BCUT2D eigenvalue weighted by Crippen LogP contribution is -2.37. The van der Waals surface area contributed by atoms with E-state index in [0.717, 1.165) is 32.4 Å². The molecule has 0 amide bonds. The molecule has 1 aliphatic rings. The minimum Gasteiger partial charge on any atom is -0.466 e. The van der Waals surface area contributed by atoms with Gasteiger partial charge >= 0.3 is 5.97 Å². The third-order valence-electron chi connectivity index (χ3n) is 4.22. The van der Waals surface area contributed by atoms with Gasteiger partial charge in [0.2, 0.25) is 0 Å². The third kappa shape index (κ3) is 4.07. The minimum absolute atomic E-state index is 0.00560. The van der Waals surface area contributed by atoms with Crippen LogP contribution in [0.25, 0.3) is 0 Å². The van der Waals surface area contributed by atoms with Crippen LogP contribution in [-0.2, 0) is 16.0 Å². The lowest BCUT2D eigenvalue weighted by molar-refractivity contribution is -0.150. The van der Waals surface area contributed by atoms with Gasteiger partial charge in [-0.3, -0.25) is 4.79 Å². The first-order chi connectivity index (χ1) is 9.70. The first kappa shape index (κ1) is 15.0. The fraction of sp³-hybridized carbons (Fsp3) is 0.588. The molecule has 1 saturated heterocycles. The summed E-state index contributed by atoms with van der Waals surface area (Å²) >= 11 is 0. The SMILES string of the molecule is CCOC(=O)C(Cc1ccccc1)C1CCN(C)CC1. The number of likely N-dealkylation sites (tertiary alicyclic amines) is 1. The van der Waals surface area contributed by atoms with Crippen molar-refractivity contribution in [2.45, 2.75) is 26.2 Å². The molecule has 110 valence electrons. The molecule has 20 heavy (non-hydrogen) atoms. The molecular weight excluding hydrogens is 250 g/mol. The highest BCUT2D eigenvalue weighted by atomic mass is 16.5. The van der Waals surface area contributed by atoms with Crippen molar-refractivity contribution in [3.05, 3.63) is 35.9 Å². The number of nitrogens with zero attached hydrogens (tertiary/aromatic N) is 1. The van der Waals surface area contributed by atoms with Gasteiger partial charge < -0.3 is 9.64 Å². The number of benzene rings is 1. The molecule has 1 heterocycles. The highest BCUT2D eigenvalue weighted by molar-refractivity contribution is 5.73. The van der Waals surface area contributed by atoms with Crippen LogP contribution in [0.5, 0.6) is 0 Å². The van der Waals surface area contributed by atoms with Gasteiger partial charge in [-0.05, 0) is 57.8 Å². The highest BCUT2D eigenvalue weighted by Crippen LogP contribution is 2.28. The maximum absolute atomic E-state index is 12.3. The van der Waals surface area contributed by atoms with E-state index in [1.165, 1.54) is 5.56 Å². The zero-order valence-electron chi connectivity index (χ0n) is 12.5. The molecule has 2 rings (SSSR count). The van der Waals surface area contributed by atoms with Gasteiger partial charge in [-0.25, -0.2) is 0 Å². The van der Waals surface area contributed by atoms with Gasteiger partial charge in [0.1, 0.15) is 0 Å². The molecule has 1 atom stereocenters. The number of carbonyl (C=O) groups is 1. The van der Waals surface area contributed by atoms with Crippen molar-refractivity contribution in [3.63, 3.8) is 0 Å². The number of rotatable bonds is 5. The molecule has 0 aliphatic carbocycles. The lowest BCUT2D eigenvalue weighted by Gasteiger charge is -2.33. The molecule has 3 heteroatoms. The van der Waals surface area contributed by atoms with Crippen LogP contribution < -0.4 is 0 Å². The average Bonchev–Trinajstić information content (AvgIpc) is 2.47. The summed E-state index contributed by atoms with van der Waals surface area (Å²) in [6.45, 7) is 4.51. The van der Waals surface area contributed by atoms with Gasteiger partial charge in [-0.2, -0.15) is 0 Å². The fourth-order valence-corrected chi connectivity index (χ4v) is 2.99. The molecule has 1 aliphatic heterocycles. The van der Waals surface area contributed by atoms with E-state index < -0.39 is 0 Å². The fourth-order valence-electron chi connectivity index (χ4n) is 2.99. The summed E-state index contributed by atoms with van der Waals surface area (Å²) in [6.07, 6.45) is 2.98. The Labute approximate surface area is 121 Å².